The predicted octanol–water partition coefficient (Wildman–Crippen LogP) is 3.00. The second-order valence-corrected chi connectivity index (χ2v) is 5.70. The lowest BCUT2D eigenvalue weighted by Gasteiger charge is -2.33. The molecule has 0 N–H and O–H groups in total. The van der Waals surface area contributed by atoms with Gasteiger partial charge in [-0.05, 0) is 63.9 Å². The topological polar surface area (TPSA) is 29.5 Å². The molecule has 0 atom stereocenters. The minimum atomic E-state index is -0.625. The monoisotopic (exact) mass is 263 g/mol. The van der Waals surface area contributed by atoms with Crippen molar-refractivity contribution in [1.29, 1.82) is 0 Å². The third-order valence-corrected chi connectivity index (χ3v) is 4.22. The average Bonchev–Trinajstić information content (AvgIpc) is 2.38. The van der Waals surface area contributed by atoms with Gasteiger partial charge in [0.15, 0.2) is 0 Å². The van der Waals surface area contributed by atoms with Crippen LogP contribution in [0.5, 0.6) is 0 Å². The number of hydrogen-bond acceptors (Lipinski definition) is 3. The quantitative estimate of drug-likeness (QED) is 0.782. The average molecular weight is 263 g/mol. The Kier molecular flexibility index (Phi) is 4.75. The van der Waals surface area contributed by atoms with Gasteiger partial charge in [-0.15, -0.1) is 0 Å². The van der Waals surface area contributed by atoms with Crippen molar-refractivity contribution in [1.82, 2.24) is 4.90 Å². The molecule has 0 radical (unpaired) electrons. The van der Waals surface area contributed by atoms with Crippen molar-refractivity contribution in [3.8, 4) is 0 Å². The summed E-state index contributed by atoms with van der Waals surface area (Å²) in [6.07, 6.45) is 0. The van der Waals surface area contributed by atoms with Crippen LogP contribution < -0.4 is 0 Å². The van der Waals surface area contributed by atoms with Crippen LogP contribution in [0.3, 0.4) is 0 Å². The molecule has 0 aliphatic carbocycles. The first-order valence-electron chi connectivity index (χ1n) is 6.57. The lowest BCUT2D eigenvalue weighted by Crippen LogP contribution is -2.48. The molecule has 1 aromatic rings. The Morgan fingerprint density at radius 2 is 1.79 bits per heavy atom. The number of aryl methyl sites for hydroxylation is 1. The number of esters is 1. The van der Waals surface area contributed by atoms with Crippen LogP contribution in [0.25, 0.3) is 0 Å². The first-order valence-corrected chi connectivity index (χ1v) is 6.57. The first-order chi connectivity index (χ1) is 8.71. The van der Waals surface area contributed by atoms with Crippen LogP contribution >= 0.6 is 0 Å². The second-order valence-electron chi connectivity index (χ2n) is 5.70. The molecule has 0 unspecified atom stereocenters. The van der Waals surface area contributed by atoms with Crippen molar-refractivity contribution in [3.05, 3.63) is 34.4 Å². The number of likely N-dealkylation sites (N-methyl/N-ethyl adjacent to an activating group) is 1. The number of benzene rings is 1. The van der Waals surface area contributed by atoms with Gasteiger partial charge in [0.2, 0.25) is 0 Å². The molecule has 19 heavy (non-hydrogen) atoms. The smallest absolute Gasteiger partial charge is 0.325 e. The van der Waals surface area contributed by atoms with E-state index in [0.717, 1.165) is 6.54 Å². The highest BCUT2D eigenvalue weighted by atomic mass is 16.5. The maximum Gasteiger partial charge on any atom is 0.325 e. The zero-order valence-corrected chi connectivity index (χ0v) is 13.1. The van der Waals surface area contributed by atoms with Gasteiger partial charge in [0.25, 0.3) is 0 Å². The van der Waals surface area contributed by atoms with Crippen molar-refractivity contribution in [2.45, 2.75) is 46.7 Å². The van der Waals surface area contributed by atoms with Crippen molar-refractivity contribution in [2.75, 3.05) is 14.2 Å². The lowest BCUT2D eigenvalue weighted by atomic mass is 9.96. The van der Waals surface area contributed by atoms with Crippen LogP contribution in [0.2, 0.25) is 0 Å². The summed E-state index contributed by atoms with van der Waals surface area (Å²) in [5.74, 6) is -0.212. The summed E-state index contributed by atoms with van der Waals surface area (Å²) >= 11 is 0. The van der Waals surface area contributed by atoms with E-state index in [2.05, 4.69) is 32.9 Å². The van der Waals surface area contributed by atoms with E-state index in [1.807, 2.05) is 25.8 Å². The van der Waals surface area contributed by atoms with Crippen molar-refractivity contribution in [3.63, 3.8) is 0 Å². The molecule has 0 saturated carbocycles. The molecule has 0 spiro atoms. The number of rotatable bonds is 4. The van der Waals surface area contributed by atoms with Crippen molar-refractivity contribution >= 4 is 5.97 Å². The third-order valence-electron chi connectivity index (χ3n) is 4.22. The second kappa shape index (κ2) is 5.74. The molecule has 0 saturated heterocycles. The Morgan fingerprint density at radius 3 is 2.32 bits per heavy atom. The number of hydrogen-bond donors (Lipinski definition) is 0. The van der Waals surface area contributed by atoms with Gasteiger partial charge in [0.1, 0.15) is 5.54 Å². The molecule has 0 aromatic heterocycles. The number of methoxy groups -OCH3 is 1. The summed E-state index contributed by atoms with van der Waals surface area (Å²) in [6.45, 7) is 10.9. The number of ether oxygens (including phenoxy) is 1. The van der Waals surface area contributed by atoms with Gasteiger partial charge >= 0.3 is 5.97 Å². The molecule has 0 bridgehead atoms. The van der Waals surface area contributed by atoms with E-state index in [1.165, 1.54) is 29.4 Å². The molecule has 0 amide bonds. The SMILES string of the molecule is COC(=O)C(C)(C)N(C)Cc1ccc(C)c(C)c1C. The van der Waals surface area contributed by atoms with E-state index in [1.54, 1.807) is 0 Å². The number of carbonyl (C=O) groups excluding carboxylic acids is 1. The number of carbonyl (C=O) groups is 1. The van der Waals surface area contributed by atoms with E-state index in [0.29, 0.717) is 0 Å². The lowest BCUT2D eigenvalue weighted by molar-refractivity contribution is -0.152. The van der Waals surface area contributed by atoms with Crippen LogP contribution in [0.4, 0.5) is 0 Å². The highest BCUT2D eigenvalue weighted by Crippen LogP contribution is 2.22. The molecule has 0 fully saturated rings. The summed E-state index contributed by atoms with van der Waals surface area (Å²) in [6, 6.07) is 4.28. The maximum absolute atomic E-state index is 11.8. The Hall–Kier alpha value is -1.35. The summed E-state index contributed by atoms with van der Waals surface area (Å²) in [5, 5.41) is 0. The normalized spacial score (nSPS) is 11.8. The van der Waals surface area contributed by atoms with Gasteiger partial charge < -0.3 is 4.74 Å². The molecule has 1 aromatic carbocycles. The minimum absolute atomic E-state index is 0.212. The highest BCUT2D eigenvalue weighted by molar-refractivity contribution is 5.79. The van der Waals surface area contributed by atoms with Gasteiger partial charge in [0.05, 0.1) is 7.11 Å². The molecule has 0 aliphatic heterocycles. The van der Waals surface area contributed by atoms with E-state index < -0.39 is 5.54 Å². The largest absolute Gasteiger partial charge is 0.468 e. The molecule has 3 heteroatoms. The fourth-order valence-electron chi connectivity index (χ4n) is 2.04. The molecule has 106 valence electrons. The zero-order valence-electron chi connectivity index (χ0n) is 13.1. The van der Waals surface area contributed by atoms with E-state index >= 15 is 0 Å². The van der Waals surface area contributed by atoms with Crippen LogP contribution in [0.15, 0.2) is 12.1 Å². The Bertz CT molecular complexity index is 478. The molecular weight excluding hydrogens is 238 g/mol. The van der Waals surface area contributed by atoms with Crippen LogP contribution in [-0.4, -0.2) is 30.6 Å². The van der Waals surface area contributed by atoms with Gasteiger partial charge in [-0.25, -0.2) is 0 Å². The van der Waals surface area contributed by atoms with E-state index in [4.69, 9.17) is 4.74 Å². The summed E-state index contributed by atoms with van der Waals surface area (Å²) in [5.41, 5.74) is 4.55. The molecule has 0 heterocycles. The summed E-state index contributed by atoms with van der Waals surface area (Å²) in [4.78, 5) is 13.8. The van der Waals surface area contributed by atoms with E-state index in [9.17, 15) is 4.79 Å². The van der Waals surface area contributed by atoms with Crippen LogP contribution in [0, 0.1) is 20.8 Å². The zero-order chi connectivity index (χ0) is 14.8. The van der Waals surface area contributed by atoms with Gasteiger partial charge in [-0.3, -0.25) is 9.69 Å². The van der Waals surface area contributed by atoms with Gasteiger partial charge in [0, 0.05) is 6.54 Å². The third kappa shape index (κ3) is 3.16. The van der Waals surface area contributed by atoms with Crippen LogP contribution in [-0.2, 0) is 16.1 Å². The Morgan fingerprint density at radius 1 is 1.21 bits per heavy atom. The summed E-state index contributed by atoms with van der Waals surface area (Å²) in [7, 11) is 3.38. The fourth-order valence-corrected chi connectivity index (χ4v) is 2.04. The molecule has 1 rings (SSSR count). The molecule has 0 aliphatic rings. The van der Waals surface area contributed by atoms with Crippen molar-refractivity contribution in [2.24, 2.45) is 0 Å². The molecule has 3 nitrogen and oxygen atoms in total. The Labute approximate surface area is 116 Å². The predicted molar refractivity (Wildman–Crippen MR) is 78.2 cm³/mol. The summed E-state index contributed by atoms with van der Waals surface area (Å²) < 4.78 is 4.87. The van der Waals surface area contributed by atoms with Crippen LogP contribution in [0.1, 0.15) is 36.1 Å². The Balaban J connectivity index is 2.98. The first kappa shape index (κ1) is 15.7. The molecular formula is C16H25NO2. The maximum atomic E-state index is 11.8. The minimum Gasteiger partial charge on any atom is -0.468 e. The number of nitrogens with zero attached hydrogens (tertiary/aromatic N) is 1. The highest BCUT2D eigenvalue weighted by Gasteiger charge is 2.33. The van der Waals surface area contributed by atoms with Gasteiger partial charge in [-0.1, -0.05) is 12.1 Å². The van der Waals surface area contributed by atoms with Gasteiger partial charge in [-0.2, -0.15) is 0 Å². The van der Waals surface area contributed by atoms with Crippen molar-refractivity contribution < 1.29 is 9.53 Å². The standard InChI is InChI=1S/C16H25NO2/c1-11-8-9-14(13(3)12(11)2)10-17(6)16(4,5)15(18)19-7/h8-9H,10H2,1-7H3. The van der Waals surface area contributed by atoms with E-state index in [-0.39, 0.29) is 5.97 Å². The fraction of sp³-hybridized carbons (Fsp3) is 0.562.